The second-order valence-electron chi connectivity index (χ2n) is 6.90. The van der Waals surface area contributed by atoms with Crippen LogP contribution in [0.2, 0.25) is 0 Å². The van der Waals surface area contributed by atoms with Crippen LogP contribution in [0.4, 0.5) is 4.39 Å². The first-order valence-corrected chi connectivity index (χ1v) is 8.78. The van der Waals surface area contributed by atoms with Gasteiger partial charge in [0.1, 0.15) is 5.82 Å². The second-order valence-corrected chi connectivity index (χ2v) is 6.90. The van der Waals surface area contributed by atoms with Crippen molar-refractivity contribution < 1.29 is 14.0 Å². The number of likely N-dealkylation sites (N-methyl/N-ethyl adjacent to an activating group) is 1. The van der Waals surface area contributed by atoms with Crippen molar-refractivity contribution in [2.24, 2.45) is 0 Å². The molecule has 0 saturated carbocycles. The van der Waals surface area contributed by atoms with E-state index in [4.69, 9.17) is 0 Å². The molecule has 7 heteroatoms. The highest BCUT2D eigenvalue weighted by molar-refractivity contribution is 5.96. The Morgan fingerprint density at radius 1 is 1.27 bits per heavy atom. The predicted molar refractivity (Wildman–Crippen MR) is 95.8 cm³/mol. The van der Waals surface area contributed by atoms with E-state index in [1.54, 1.807) is 23.9 Å². The summed E-state index contributed by atoms with van der Waals surface area (Å²) in [5.74, 6) is -0.793. The average Bonchev–Trinajstić information content (AvgIpc) is 3.16. The van der Waals surface area contributed by atoms with Crippen molar-refractivity contribution in [1.29, 1.82) is 0 Å². The zero-order valence-electron chi connectivity index (χ0n) is 15.3. The molecule has 1 aromatic heterocycles. The van der Waals surface area contributed by atoms with Crippen molar-refractivity contribution in [2.75, 3.05) is 13.6 Å². The van der Waals surface area contributed by atoms with E-state index in [1.807, 2.05) is 13.8 Å². The lowest BCUT2D eigenvalue weighted by molar-refractivity contribution is -0.122. The smallest absolute Gasteiger partial charge is 0.274 e. The molecule has 2 amide bonds. The standard InChI is InChI=1S/C19H23FN4O2/c1-12(2)21-17(25)11-23(3)19(26)18-15-5-4-6-16(15)24(22-18)14-9-7-13(20)8-10-14/h7-10,12H,4-6,11H2,1-3H3,(H,21,25). The van der Waals surface area contributed by atoms with Crippen LogP contribution in [0.3, 0.4) is 0 Å². The molecule has 3 rings (SSSR count). The number of nitrogens with one attached hydrogen (secondary N) is 1. The van der Waals surface area contributed by atoms with Crippen LogP contribution >= 0.6 is 0 Å². The fraction of sp³-hybridized carbons (Fsp3) is 0.421. The summed E-state index contributed by atoms with van der Waals surface area (Å²) < 4.78 is 14.9. The summed E-state index contributed by atoms with van der Waals surface area (Å²) in [6.07, 6.45) is 2.56. The first-order valence-electron chi connectivity index (χ1n) is 8.78. The summed E-state index contributed by atoms with van der Waals surface area (Å²) >= 11 is 0. The quantitative estimate of drug-likeness (QED) is 0.890. The number of carbonyl (C=O) groups is 2. The number of fused-ring (bicyclic) bond motifs is 1. The molecule has 1 aliphatic carbocycles. The van der Waals surface area contributed by atoms with Crippen LogP contribution in [0.5, 0.6) is 0 Å². The molecule has 1 heterocycles. The summed E-state index contributed by atoms with van der Waals surface area (Å²) in [6.45, 7) is 3.73. The number of carbonyl (C=O) groups excluding carboxylic acids is 2. The molecule has 0 atom stereocenters. The number of halogens is 1. The first kappa shape index (κ1) is 18.1. The minimum atomic E-state index is -0.315. The molecule has 0 unspecified atom stereocenters. The van der Waals surface area contributed by atoms with Gasteiger partial charge in [0.05, 0.1) is 12.2 Å². The van der Waals surface area contributed by atoms with Crippen molar-refractivity contribution in [1.82, 2.24) is 20.0 Å². The Morgan fingerprint density at radius 3 is 2.62 bits per heavy atom. The summed E-state index contributed by atoms with van der Waals surface area (Å²) in [5, 5.41) is 7.27. The molecule has 1 aromatic carbocycles. The Balaban J connectivity index is 1.86. The lowest BCUT2D eigenvalue weighted by atomic mass is 10.2. The van der Waals surface area contributed by atoms with E-state index < -0.39 is 0 Å². The highest BCUT2D eigenvalue weighted by Gasteiger charge is 2.29. The maximum atomic E-state index is 13.2. The third-order valence-corrected chi connectivity index (χ3v) is 4.38. The molecule has 1 aliphatic rings. The summed E-state index contributed by atoms with van der Waals surface area (Å²) in [4.78, 5) is 26.1. The molecule has 2 aromatic rings. The molecule has 0 spiro atoms. The largest absolute Gasteiger partial charge is 0.352 e. The Hall–Kier alpha value is -2.70. The van der Waals surface area contributed by atoms with Gasteiger partial charge < -0.3 is 10.2 Å². The SMILES string of the molecule is CC(C)NC(=O)CN(C)C(=O)c1nn(-c2ccc(F)cc2)c2c1CCC2. The van der Waals surface area contributed by atoms with E-state index in [9.17, 15) is 14.0 Å². The number of nitrogens with zero attached hydrogens (tertiary/aromatic N) is 3. The first-order chi connectivity index (χ1) is 12.4. The number of hydrogen-bond donors (Lipinski definition) is 1. The lowest BCUT2D eigenvalue weighted by Crippen LogP contribution is -2.41. The van der Waals surface area contributed by atoms with E-state index in [0.29, 0.717) is 5.69 Å². The average molecular weight is 358 g/mol. The van der Waals surface area contributed by atoms with Gasteiger partial charge in [0, 0.05) is 24.3 Å². The molecule has 0 bridgehead atoms. The molecule has 0 fully saturated rings. The van der Waals surface area contributed by atoms with Gasteiger partial charge in [-0.1, -0.05) is 0 Å². The number of hydrogen-bond acceptors (Lipinski definition) is 3. The van der Waals surface area contributed by atoms with Gasteiger partial charge in [-0.3, -0.25) is 9.59 Å². The number of rotatable bonds is 5. The van der Waals surface area contributed by atoms with Crippen LogP contribution in [0.25, 0.3) is 5.69 Å². The van der Waals surface area contributed by atoms with E-state index >= 15 is 0 Å². The summed E-state index contributed by atoms with van der Waals surface area (Å²) in [7, 11) is 1.60. The minimum Gasteiger partial charge on any atom is -0.352 e. The Bertz CT molecular complexity index is 827. The van der Waals surface area contributed by atoms with Gasteiger partial charge in [-0.05, 0) is 57.4 Å². The Kier molecular flexibility index (Phi) is 5.06. The molecular weight excluding hydrogens is 335 g/mol. The molecule has 0 saturated heterocycles. The van der Waals surface area contributed by atoms with Crippen molar-refractivity contribution >= 4 is 11.8 Å². The number of aromatic nitrogens is 2. The molecule has 1 N–H and O–H groups in total. The van der Waals surface area contributed by atoms with Crippen LogP contribution < -0.4 is 5.32 Å². The van der Waals surface area contributed by atoms with Crippen molar-refractivity contribution in [3.05, 3.63) is 47.0 Å². The van der Waals surface area contributed by atoms with Gasteiger partial charge in [-0.15, -0.1) is 0 Å². The fourth-order valence-electron chi connectivity index (χ4n) is 3.24. The van der Waals surface area contributed by atoms with Crippen molar-refractivity contribution in [3.63, 3.8) is 0 Å². The Labute approximate surface area is 152 Å². The molecule has 6 nitrogen and oxygen atoms in total. The van der Waals surface area contributed by atoms with Crippen LogP contribution in [0, 0.1) is 5.82 Å². The molecular formula is C19H23FN4O2. The third-order valence-electron chi connectivity index (χ3n) is 4.38. The molecule has 26 heavy (non-hydrogen) atoms. The normalized spacial score (nSPS) is 13.0. The third kappa shape index (κ3) is 3.61. The van der Waals surface area contributed by atoms with Gasteiger partial charge >= 0.3 is 0 Å². The van der Waals surface area contributed by atoms with Gasteiger partial charge in [-0.2, -0.15) is 5.10 Å². The van der Waals surface area contributed by atoms with Gasteiger partial charge in [0.25, 0.3) is 5.91 Å². The van der Waals surface area contributed by atoms with Crippen LogP contribution in [0.1, 0.15) is 42.0 Å². The van der Waals surface area contributed by atoms with E-state index in [1.165, 1.54) is 17.0 Å². The van der Waals surface area contributed by atoms with Crippen LogP contribution in [-0.2, 0) is 17.6 Å². The van der Waals surface area contributed by atoms with E-state index in [-0.39, 0.29) is 30.2 Å². The van der Waals surface area contributed by atoms with Gasteiger partial charge in [-0.25, -0.2) is 9.07 Å². The zero-order chi connectivity index (χ0) is 18.8. The molecule has 0 aliphatic heterocycles. The highest BCUT2D eigenvalue weighted by atomic mass is 19.1. The monoisotopic (exact) mass is 358 g/mol. The maximum Gasteiger partial charge on any atom is 0.274 e. The predicted octanol–water partition coefficient (Wildman–Crippen LogP) is 2.10. The fourth-order valence-corrected chi connectivity index (χ4v) is 3.24. The zero-order valence-corrected chi connectivity index (χ0v) is 15.3. The highest BCUT2D eigenvalue weighted by Crippen LogP contribution is 2.28. The topological polar surface area (TPSA) is 67.2 Å². The number of benzene rings is 1. The summed E-state index contributed by atoms with van der Waals surface area (Å²) in [6, 6.07) is 6.07. The van der Waals surface area contributed by atoms with Gasteiger partial charge in [0.15, 0.2) is 5.69 Å². The molecule has 138 valence electrons. The maximum absolute atomic E-state index is 13.2. The van der Waals surface area contributed by atoms with E-state index in [2.05, 4.69) is 10.4 Å². The second kappa shape index (κ2) is 7.27. The van der Waals surface area contributed by atoms with E-state index in [0.717, 1.165) is 36.2 Å². The van der Waals surface area contributed by atoms with Crippen LogP contribution in [-0.4, -0.2) is 46.1 Å². The van der Waals surface area contributed by atoms with Crippen molar-refractivity contribution in [2.45, 2.75) is 39.2 Å². The summed E-state index contributed by atoms with van der Waals surface area (Å²) in [5.41, 5.74) is 3.01. The minimum absolute atomic E-state index is 0.0187. The van der Waals surface area contributed by atoms with Crippen LogP contribution in [0.15, 0.2) is 24.3 Å². The molecule has 0 radical (unpaired) electrons. The number of amides is 2. The Morgan fingerprint density at radius 2 is 1.96 bits per heavy atom. The van der Waals surface area contributed by atoms with Crippen molar-refractivity contribution in [3.8, 4) is 5.69 Å². The van der Waals surface area contributed by atoms with Gasteiger partial charge in [0.2, 0.25) is 5.91 Å². The lowest BCUT2D eigenvalue weighted by Gasteiger charge is -2.17.